The molecule has 1 amide bonds. The molecule has 1 fully saturated rings. The van der Waals surface area contributed by atoms with Crippen molar-refractivity contribution in [3.8, 4) is 0 Å². The Hall–Kier alpha value is -2.80. The molecular formula is C24H29N3O7S2. The van der Waals surface area contributed by atoms with Gasteiger partial charge in [0.2, 0.25) is 15.9 Å². The Kier molecular flexibility index (Phi) is 8.08. The van der Waals surface area contributed by atoms with Gasteiger partial charge in [0, 0.05) is 31.1 Å². The third-order valence-corrected chi connectivity index (χ3v) is 9.39. The van der Waals surface area contributed by atoms with Crippen molar-refractivity contribution in [3.05, 3.63) is 45.8 Å². The Bertz CT molecular complexity index is 1250. The number of carbonyl (C=O) groups excluding carboxylic acids is 3. The minimum atomic E-state index is -3.73. The molecule has 36 heavy (non-hydrogen) atoms. The first-order chi connectivity index (χ1) is 17.2. The summed E-state index contributed by atoms with van der Waals surface area (Å²) in [4.78, 5) is 39.9. The van der Waals surface area contributed by atoms with Crippen molar-refractivity contribution >= 4 is 44.2 Å². The number of thiophene rings is 1. The molecule has 1 aromatic heterocycles. The molecule has 0 atom stereocenters. The van der Waals surface area contributed by atoms with E-state index in [9.17, 15) is 22.8 Å². The van der Waals surface area contributed by atoms with Gasteiger partial charge < -0.3 is 14.8 Å². The number of carbonyl (C=O) groups is 3. The molecule has 2 aromatic rings. The maximum absolute atomic E-state index is 13.0. The molecule has 4 rings (SSSR count). The van der Waals surface area contributed by atoms with Crippen molar-refractivity contribution in [2.75, 3.05) is 51.8 Å². The number of hydrogen-bond donors (Lipinski definition) is 1. The fourth-order valence-electron chi connectivity index (χ4n) is 4.43. The minimum absolute atomic E-state index is 0.0886. The highest BCUT2D eigenvalue weighted by atomic mass is 32.2. The number of esters is 2. The van der Waals surface area contributed by atoms with Crippen molar-refractivity contribution in [1.29, 1.82) is 0 Å². The molecule has 0 radical (unpaired) electrons. The van der Waals surface area contributed by atoms with Gasteiger partial charge in [-0.3, -0.25) is 9.69 Å². The van der Waals surface area contributed by atoms with Crippen molar-refractivity contribution in [3.63, 3.8) is 0 Å². The van der Waals surface area contributed by atoms with Crippen LogP contribution in [0.4, 0.5) is 5.00 Å². The van der Waals surface area contributed by atoms with Crippen LogP contribution in [0.15, 0.2) is 29.2 Å². The van der Waals surface area contributed by atoms with Crippen molar-refractivity contribution in [2.45, 2.75) is 31.1 Å². The third-order valence-electron chi connectivity index (χ3n) is 6.27. The molecule has 12 heteroatoms. The van der Waals surface area contributed by atoms with E-state index in [-0.39, 0.29) is 42.6 Å². The summed E-state index contributed by atoms with van der Waals surface area (Å²) in [5.74, 6) is -1.20. The first kappa shape index (κ1) is 26.3. The number of nitrogens with zero attached hydrogens (tertiary/aromatic N) is 2. The number of nitrogens with one attached hydrogen (secondary N) is 1. The number of hydrogen-bond acceptors (Lipinski definition) is 9. The van der Waals surface area contributed by atoms with E-state index in [0.29, 0.717) is 23.7 Å². The zero-order valence-electron chi connectivity index (χ0n) is 20.2. The van der Waals surface area contributed by atoms with Gasteiger partial charge in [0.1, 0.15) is 5.00 Å². The van der Waals surface area contributed by atoms with Crippen LogP contribution in [-0.2, 0) is 37.1 Å². The molecule has 2 heterocycles. The van der Waals surface area contributed by atoms with Crippen LogP contribution in [0.5, 0.6) is 0 Å². The summed E-state index contributed by atoms with van der Waals surface area (Å²) in [6.45, 7) is 3.27. The van der Waals surface area contributed by atoms with E-state index in [1.54, 1.807) is 6.92 Å². The first-order valence-corrected chi connectivity index (χ1v) is 14.0. The largest absolute Gasteiger partial charge is 0.465 e. The molecule has 194 valence electrons. The van der Waals surface area contributed by atoms with Gasteiger partial charge in [-0.1, -0.05) is 0 Å². The van der Waals surface area contributed by atoms with E-state index in [2.05, 4.69) is 5.32 Å². The molecule has 1 aliphatic carbocycles. The number of piperazine rings is 1. The van der Waals surface area contributed by atoms with Gasteiger partial charge in [0.25, 0.3) is 0 Å². The molecule has 10 nitrogen and oxygen atoms in total. The van der Waals surface area contributed by atoms with E-state index in [1.807, 2.05) is 4.90 Å². The number of benzene rings is 1. The number of ether oxygens (including phenoxy) is 2. The van der Waals surface area contributed by atoms with E-state index >= 15 is 0 Å². The maximum Gasteiger partial charge on any atom is 0.341 e. The lowest BCUT2D eigenvalue weighted by atomic mass is 10.1. The first-order valence-electron chi connectivity index (χ1n) is 11.8. The SMILES string of the molecule is CCOC(=O)c1ccc(S(=O)(=O)N2CCN(CC(=O)Nc3sc4c(c3C(=O)OC)CCC4)CC2)cc1. The second-order valence-corrected chi connectivity index (χ2v) is 11.6. The van der Waals surface area contributed by atoms with Crippen LogP contribution in [0, 0.1) is 0 Å². The van der Waals surface area contributed by atoms with Crippen molar-refractivity contribution < 1.29 is 32.3 Å². The lowest BCUT2D eigenvalue weighted by Crippen LogP contribution is -2.50. The quantitative estimate of drug-likeness (QED) is 0.510. The van der Waals surface area contributed by atoms with Crippen LogP contribution in [0.1, 0.15) is 44.5 Å². The lowest BCUT2D eigenvalue weighted by Gasteiger charge is -2.33. The Morgan fingerprint density at radius 2 is 1.72 bits per heavy atom. The van der Waals surface area contributed by atoms with Gasteiger partial charge in [-0.15, -0.1) is 11.3 Å². The minimum Gasteiger partial charge on any atom is -0.465 e. The molecule has 1 N–H and O–H groups in total. The normalized spacial score (nSPS) is 16.4. The molecule has 2 aliphatic rings. The molecule has 1 saturated heterocycles. The molecule has 0 unspecified atom stereocenters. The second-order valence-electron chi connectivity index (χ2n) is 8.53. The van der Waals surface area contributed by atoms with Gasteiger partial charge in [-0.05, 0) is 56.0 Å². The van der Waals surface area contributed by atoms with Gasteiger partial charge in [-0.25, -0.2) is 18.0 Å². The lowest BCUT2D eigenvalue weighted by molar-refractivity contribution is -0.117. The van der Waals surface area contributed by atoms with Crippen LogP contribution in [0.3, 0.4) is 0 Å². The van der Waals surface area contributed by atoms with Crippen molar-refractivity contribution in [1.82, 2.24) is 9.21 Å². The maximum atomic E-state index is 13.0. The monoisotopic (exact) mass is 535 g/mol. The summed E-state index contributed by atoms with van der Waals surface area (Å²) in [5, 5.41) is 3.38. The number of aryl methyl sites for hydroxylation is 1. The summed E-state index contributed by atoms with van der Waals surface area (Å²) >= 11 is 1.42. The summed E-state index contributed by atoms with van der Waals surface area (Å²) in [6.07, 6.45) is 2.68. The Balaban J connectivity index is 1.33. The van der Waals surface area contributed by atoms with Gasteiger partial charge in [-0.2, -0.15) is 4.31 Å². The van der Waals surface area contributed by atoms with Crippen LogP contribution in [0.25, 0.3) is 0 Å². The fraction of sp³-hybridized carbons (Fsp3) is 0.458. The zero-order valence-corrected chi connectivity index (χ0v) is 21.9. The number of fused-ring (bicyclic) bond motifs is 1. The highest BCUT2D eigenvalue weighted by Gasteiger charge is 2.31. The van der Waals surface area contributed by atoms with E-state index in [4.69, 9.17) is 9.47 Å². The highest BCUT2D eigenvalue weighted by molar-refractivity contribution is 7.89. The molecule has 1 aromatic carbocycles. The third kappa shape index (κ3) is 5.46. The fourth-order valence-corrected chi connectivity index (χ4v) is 7.15. The molecule has 0 bridgehead atoms. The van der Waals surface area contributed by atoms with Gasteiger partial charge in [0.05, 0.1) is 36.3 Å². The molecule has 0 saturated carbocycles. The predicted molar refractivity (Wildman–Crippen MR) is 134 cm³/mol. The summed E-state index contributed by atoms with van der Waals surface area (Å²) < 4.78 is 37.3. The Labute approximate surface area is 214 Å². The van der Waals surface area contributed by atoms with E-state index < -0.39 is 22.0 Å². The van der Waals surface area contributed by atoms with Crippen LogP contribution >= 0.6 is 11.3 Å². The molecule has 0 spiro atoms. The molecular weight excluding hydrogens is 506 g/mol. The number of rotatable bonds is 8. The van der Waals surface area contributed by atoms with Crippen LogP contribution in [-0.4, -0.2) is 81.9 Å². The average molecular weight is 536 g/mol. The topological polar surface area (TPSA) is 122 Å². The van der Waals surface area contributed by atoms with E-state index in [1.165, 1.54) is 47.0 Å². The number of methoxy groups -OCH3 is 1. The zero-order chi connectivity index (χ0) is 25.9. The second kappa shape index (κ2) is 11.1. The smallest absolute Gasteiger partial charge is 0.341 e. The van der Waals surface area contributed by atoms with Gasteiger partial charge in [0.15, 0.2) is 0 Å². The summed E-state index contributed by atoms with van der Waals surface area (Å²) in [7, 11) is -2.40. The number of amides is 1. The molecule has 1 aliphatic heterocycles. The van der Waals surface area contributed by atoms with Crippen LogP contribution < -0.4 is 5.32 Å². The van der Waals surface area contributed by atoms with Gasteiger partial charge >= 0.3 is 11.9 Å². The summed E-state index contributed by atoms with van der Waals surface area (Å²) in [6, 6.07) is 5.68. The Morgan fingerprint density at radius 3 is 2.36 bits per heavy atom. The number of anilines is 1. The Morgan fingerprint density at radius 1 is 1.03 bits per heavy atom. The van der Waals surface area contributed by atoms with E-state index in [0.717, 1.165) is 29.7 Å². The number of sulfonamides is 1. The van der Waals surface area contributed by atoms with Crippen LogP contribution in [0.2, 0.25) is 0 Å². The standard InChI is InChI=1S/C24H29N3O7S2/c1-3-34-23(29)16-7-9-17(10-8-16)36(31,32)27-13-11-26(12-14-27)15-20(28)25-22-21(24(30)33-2)18-5-4-6-19(18)35-22/h7-10H,3-6,11-15H2,1-2H3,(H,25,28). The van der Waals surface area contributed by atoms with Crippen molar-refractivity contribution in [2.24, 2.45) is 0 Å². The highest BCUT2D eigenvalue weighted by Crippen LogP contribution is 2.39. The summed E-state index contributed by atoms with van der Waals surface area (Å²) in [5.41, 5.74) is 1.71. The average Bonchev–Trinajstić information content (AvgIpc) is 3.45. The predicted octanol–water partition coefficient (Wildman–Crippen LogP) is 2.15.